The number of rotatable bonds is 5. The average molecular weight is 332 g/mol. The fraction of sp³-hybridized carbons (Fsp3) is 0.500. The maximum atomic E-state index is 12.1. The molecule has 1 aromatic carbocycles. The highest BCUT2D eigenvalue weighted by Gasteiger charge is 2.51. The summed E-state index contributed by atoms with van der Waals surface area (Å²) in [5.74, 6) is 0.373. The number of hydrogen-bond acceptors (Lipinski definition) is 5. The van der Waals surface area contributed by atoms with E-state index in [0.29, 0.717) is 11.9 Å². The average Bonchev–Trinajstić information content (AvgIpc) is 2.73. The molecule has 0 amide bonds. The second-order valence-corrected chi connectivity index (χ2v) is 6.82. The van der Waals surface area contributed by atoms with Crippen molar-refractivity contribution in [3.8, 4) is 5.75 Å². The van der Waals surface area contributed by atoms with E-state index < -0.39 is 18.3 Å². The standard InChI is InChI=1S/C18H25BO5/c1-17(2)18(3,4)24-19(23-17)12-14(16(20)22-6)11-13-7-9-15(21-5)10-8-13/h7-11H,12H2,1-6H3/b14-11+. The fourth-order valence-electron chi connectivity index (χ4n) is 2.46. The number of ether oxygens (including phenoxy) is 2. The van der Waals surface area contributed by atoms with Gasteiger partial charge in [-0.1, -0.05) is 12.1 Å². The van der Waals surface area contributed by atoms with Crippen molar-refractivity contribution in [3.05, 3.63) is 35.4 Å². The predicted octanol–water partition coefficient (Wildman–Crippen LogP) is 3.34. The van der Waals surface area contributed by atoms with Gasteiger partial charge in [0, 0.05) is 11.9 Å². The molecular formula is C18H25BO5. The number of carbonyl (C=O) groups excluding carboxylic acids is 1. The molecule has 0 radical (unpaired) electrons. The Kier molecular flexibility index (Phi) is 5.40. The Morgan fingerprint density at radius 2 is 1.62 bits per heavy atom. The molecule has 2 rings (SSSR count). The zero-order chi connectivity index (χ0) is 18.0. The van der Waals surface area contributed by atoms with Gasteiger partial charge in [0.2, 0.25) is 0 Å². The van der Waals surface area contributed by atoms with Crippen molar-refractivity contribution in [2.75, 3.05) is 14.2 Å². The van der Waals surface area contributed by atoms with Gasteiger partial charge in [-0.05, 0) is 51.5 Å². The summed E-state index contributed by atoms with van der Waals surface area (Å²) >= 11 is 0. The van der Waals surface area contributed by atoms with Crippen LogP contribution in [0.2, 0.25) is 6.32 Å². The van der Waals surface area contributed by atoms with Gasteiger partial charge in [-0.2, -0.15) is 0 Å². The molecule has 0 saturated carbocycles. The van der Waals surface area contributed by atoms with Crippen molar-refractivity contribution < 1.29 is 23.6 Å². The molecule has 1 saturated heterocycles. The van der Waals surface area contributed by atoms with E-state index in [4.69, 9.17) is 18.8 Å². The number of methoxy groups -OCH3 is 2. The molecule has 0 aliphatic carbocycles. The Morgan fingerprint density at radius 3 is 2.08 bits per heavy atom. The Hall–Kier alpha value is -1.79. The summed E-state index contributed by atoms with van der Waals surface area (Å²) in [7, 11) is 2.50. The van der Waals surface area contributed by atoms with Gasteiger partial charge in [0.25, 0.3) is 0 Å². The molecule has 130 valence electrons. The maximum absolute atomic E-state index is 12.1. The van der Waals surface area contributed by atoms with Gasteiger partial charge in [0.05, 0.1) is 25.4 Å². The van der Waals surface area contributed by atoms with Gasteiger partial charge >= 0.3 is 13.1 Å². The number of hydrogen-bond donors (Lipinski definition) is 0. The van der Waals surface area contributed by atoms with Crippen LogP contribution in [0, 0.1) is 0 Å². The maximum Gasteiger partial charge on any atom is 0.462 e. The molecule has 24 heavy (non-hydrogen) atoms. The lowest BCUT2D eigenvalue weighted by molar-refractivity contribution is -0.135. The first-order chi connectivity index (χ1) is 11.2. The van der Waals surface area contributed by atoms with Crippen molar-refractivity contribution in [3.63, 3.8) is 0 Å². The van der Waals surface area contributed by atoms with Crippen LogP contribution in [0.1, 0.15) is 33.3 Å². The van der Waals surface area contributed by atoms with Crippen LogP contribution < -0.4 is 4.74 Å². The topological polar surface area (TPSA) is 54.0 Å². The van der Waals surface area contributed by atoms with Crippen LogP contribution in [-0.2, 0) is 18.8 Å². The van der Waals surface area contributed by atoms with Crippen LogP contribution in [0.15, 0.2) is 29.8 Å². The highest BCUT2D eigenvalue weighted by molar-refractivity contribution is 6.47. The molecule has 1 aliphatic heterocycles. The summed E-state index contributed by atoms with van der Waals surface area (Å²) in [6.45, 7) is 7.94. The summed E-state index contributed by atoms with van der Waals surface area (Å²) in [6, 6.07) is 7.45. The first-order valence-electron chi connectivity index (χ1n) is 7.97. The van der Waals surface area contributed by atoms with Crippen LogP contribution in [0.5, 0.6) is 5.75 Å². The highest BCUT2D eigenvalue weighted by atomic mass is 16.7. The third-order valence-electron chi connectivity index (χ3n) is 4.59. The van der Waals surface area contributed by atoms with Gasteiger partial charge in [-0.3, -0.25) is 0 Å². The summed E-state index contributed by atoms with van der Waals surface area (Å²) < 4.78 is 22.0. The van der Waals surface area contributed by atoms with E-state index in [-0.39, 0.29) is 5.97 Å². The zero-order valence-corrected chi connectivity index (χ0v) is 15.2. The van der Waals surface area contributed by atoms with Crippen molar-refractivity contribution in [1.29, 1.82) is 0 Å². The number of esters is 1. The highest BCUT2D eigenvalue weighted by Crippen LogP contribution is 2.38. The molecule has 0 spiro atoms. The van der Waals surface area contributed by atoms with E-state index in [0.717, 1.165) is 11.3 Å². The first kappa shape index (κ1) is 18.6. The van der Waals surface area contributed by atoms with E-state index in [1.165, 1.54) is 7.11 Å². The molecule has 0 unspecified atom stereocenters. The Labute approximate surface area is 144 Å². The molecule has 1 heterocycles. The molecule has 1 aromatic rings. The molecule has 0 aromatic heterocycles. The van der Waals surface area contributed by atoms with E-state index in [1.54, 1.807) is 13.2 Å². The second kappa shape index (κ2) is 6.99. The van der Waals surface area contributed by atoms with E-state index in [2.05, 4.69) is 0 Å². The first-order valence-corrected chi connectivity index (χ1v) is 7.97. The van der Waals surface area contributed by atoms with Gasteiger partial charge in [0.1, 0.15) is 5.75 Å². The molecule has 1 fully saturated rings. The van der Waals surface area contributed by atoms with Crippen molar-refractivity contribution >= 4 is 19.2 Å². The molecule has 0 bridgehead atoms. The van der Waals surface area contributed by atoms with Crippen molar-refractivity contribution in [1.82, 2.24) is 0 Å². The normalized spacial score (nSPS) is 19.2. The second-order valence-electron chi connectivity index (χ2n) is 6.82. The molecule has 5 nitrogen and oxygen atoms in total. The molecule has 6 heteroatoms. The third kappa shape index (κ3) is 4.00. The van der Waals surface area contributed by atoms with Gasteiger partial charge < -0.3 is 18.8 Å². The monoisotopic (exact) mass is 332 g/mol. The largest absolute Gasteiger partial charge is 0.497 e. The lowest BCUT2D eigenvalue weighted by Gasteiger charge is -2.32. The van der Waals surface area contributed by atoms with Crippen LogP contribution in [0.25, 0.3) is 6.08 Å². The summed E-state index contributed by atoms with van der Waals surface area (Å²) in [6.07, 6.45) is 2.11. The van der Waals surface area contributed by atoms with Crippen LogP contribution >= 0.6 is 0 Å². The Bertz CT molecular complexity index is 603. The number of benzene rings is 1. The summed E-state index contributed by atoms with van der Waals surface area (Å²) in [4.78, 5) is 12.1. The molecular weight excluding hydrogens is 307 g/mol. The van der Waals surface area contributed by atoms with Gasteiger partial charge in [-0.25, -0.2) is 4.79 Å². The minimum Gasteiger partial charge on any atom is -0.497 e. The molecule has 0 N–H and O–H groups in total. The van der Waals surface area contributed by atoms with E-state index in [9.17, 15) is 4.79 Å². The predicted molar refractivity (Wildman–Crippen MR) is 93.9 cm³/mol. The van der Waals surface area contributed by atoms with Crippen LogP contribution in [0.3, 0.4) is 0 Å². The van der Waals surface area contributed by atoms with Gasteiger partial charge in [0.15, 0.2) is 0 Å². The van der Waals surface area contributed by atoms with E-state index >= 15 is 0 Å². The fourth-order valence-corrected chi connectivity index (χ4v) is 2.46. The zero-order valence-electron chi connectivity index (χ0n) is 15.2. The quantitative estimate of drug-likeness (QED) is 0.470. The molecule has 1 aliphatic rings. The van der Waals surface area contributed by atoms with E-state index in [1.807, 2.05) is 52.0 Å². The third-order valence-corrected chi connectivity index (χ3v) is 4.59. The minimum absolute atomic E-state index is 0.325. The van der Waals surface area contributed by atoms with Gasteiger partial charge in [-0.15, -0.1) is 0 Å². The minimum atomic E-state index is -0.487. The number of carbonyl (C=O) groups is 1. The Morgan fingerprint density at radius 1 is 1.08 bits per heavy atom. The lowest BCUT2D eigenvalue weighted by Crippen LogP contribution is -2.41. The van der Waals surface area contributed by atoms with Crippen molar-refractivity contribution in [2.45, 2.75) is 45.2 Å². The lowest BCUT2D eigenvalue weighted by atomic mass is 9.80. The molecule has 0 atom stereocenters. The van der Waals surface area contributed by atoms with Crippen molar-refractivity contribution in [2.24, 2.45) is 0 Å². The summed E-state index contributed by atoms with van der Waals surface area (Å²) in [5.41, 5.74) is 0.520. The summed E-state index contributed by atoms with van der Waals surface area (Å²) in [5, 5.41) is 0. The van der Waals surface area contributed by atoms with Crippen LogP contribution in [0.4, 0.5) is 0 Å². The SMILES string of the molecule is COC(=O)/C(=C/c1ccc(OC)cc1)CB1OC(C)(C)C(C)(C)O1. The van der Waals surface area contributed by atoms with Crippen LogP contribution in [-0.4, -0.2) is 38.5 Å². The smallest absolute Gasteiger partial charge is 0.462 e. The Balaban J connectivity index is 2.20.